The molecule has 5 rings (SSSR count). The fourth-order valence-corrected chi connectivity index (χ4v) is 4.80. The molecule has 216 valence electrons. The Morgan fingerprint density at radius 3 is 2.29 bits per heavy atom. The van der Waals surface area contributed by atoms with Gasteiger partial charge in [-0.25, -0.2) is 4.79 Å². The quantitative estimate of drug-likeness (QED) is 0.0750. The Labute approximate surface area is 248 Å². The van der Waals surface area contributed by atoms with Gasteiger partial charge in [-0.15, -0.1) is 0 Å². The van der Waals surface area contributed by atoms with E-state index in [9.17, 15) is 4.79 Å². The molecule has 0 unspecified atom stereocenters. The maximum Gasteiger partial charge on any atom is 0.343 e. The number of carbonyl (C=O) groups excluding carboxylic acids is 1. The number of esters is 1. The van der Waals surface area contributed by atoms with Gasteiger partial charge in [0.1, 0.15) is 24.0 Å². The zero-order valence-corrected chi connectivity index (χ0v) is 24.4. The SMILES string of the molecule is CCCCCCCOc1ccc(-c2ccc(C(=O)Oc3ccc(C=Nc4ccc5c(c4)CN(C)CO5)cc3)cc2)cc1. The number of fused-ring (bicyclic) bond motifs is 1. The molecule has 0 N–H and O–H groups in total. The predicted octanol–water partition coefficient (Wildman–Crippen LogP) is 8.45. The van der Waals surface area contributed by atoms with Crippen molar-refractivity contribution >= 4 is 17.9 Å². The van der Waals surface area contributed by atoms with Crippen LogP contribution in [0.4, 0.5) is 5.69 Å². The number of benzene rings is 4. The molecule has 4 aromatic carbocycles. The summed E-state index contributed by atoms with van der Waals surface area (Å²) in [6.45, 7) is 4.41. The number of rotatable bonds is 12. The third-order valence-corrected chi connectivity index (χ3v) is 7.20. The number of carbonyl (C=O) groups is 1. The second-order valence-corrected chi connectivity index (χ2v) is 10.7. The Morgan fingerprint density at radius 1 is 0.857 bits per heavy atom. The van der Waals surface area contributed by atoms with Gasteiger partial charge in [-0.2, -0.15) is 0 Å². The van der Waals surface area contributed by atoms with E-state index in [0.717, 1.165) is 59.0 Å². The first-order chi connectivity index (χ1) is 20.6. The molecule has 4 aromatic rings. The van der Waals surface area contributed by atoms with Gasteiger partial charge in [0.2, 0.25) is 0 Å². The van der Waals surface area contributed by atoms with Crippen molar-refractivity contribution in [3.63, 3.8) is 0 Å². The second-order valence-electron chi connectivity index (χ2n) is 10.7. The van der Waals surface area contributed by atoms with Crippen molar-refractivity contribution in [2.75, 3.05) is 20.4 Å². The topological polar surface area (TPSA) is 60.4 Å². The van der Waals surface area contributed by atoms with Gasteiger partial charge in [0.25, 0.3) is 0 Å². The second kappa shape index (κ2) is 14.5. The predicted molar refractivity (Wildman–Crippen MR) is 168 cm³/mol. The Balaban J connectivity index is 1.11. The van der Waals surface area contributed by atoms with Crippen LogP contribution in [-0.4, -0.2) is 37.5 Å². The van der Waals surface area contributed by atoms with Crippen LogP contribution in [0.25, 0.3) is 11.1 Å². The molecule has 6 nitrogen and oxygen atoms in total. The normalized spacial score (nSPS) is 13.0. The van der Waals surface area contributed by atoms with Crippen LogP contribution in [-0.2, 0) is 6.54 Å². The first-order valence-electron chi connectivity index (χ1n) is 14.7. The van der Waals surface area contributed by atoms with E-state index in [-0.39, 0.29) is 0 Å². The number of ether oxygens (including phenoxy) is 3. The van der Waals surface area contributed by atoms with Gasteiger partial charge in [-0.05, 0) is 96.9 Å². The van der Waals surface area contributed by atoms with E-state index in [4.69, 9.17) is 14.2 Å². The third kappa shape index (κ3) is 8.08. The van der Waals surface area contributed by atoms with Crippen molar-refractivity contribution in [1.29, 1.82) is 0 Å². The fraction of sp³-hybridized carbons (Fsp3) is 0.278. The average Bonchev–Trinajstić information content (AvgIpc) is 3.02. The molecule has 1 heterocycles. The molecule has 0 bridgehead atoms. The summed E-state index contributed by atoms with van der Waals surface area (Å²) in [5.74, 6) is 1.88. The minimum absolute atomic E-state index is 0.396. The summed E-state index contributed by atoms with van der Waals surface area (Å²) in [6.07, 6.45) is 7.92. The number of unbranched alkanes of at least 4 members (excludes halogenated alkanes) is 4. The van der Waals surface area contributed by atoms with Crippen molar-refractivity contribution in [1.82, 2.24) is 4.90 Å². The summed E-state index contributed by atoms with van der Waals surface area (Å²) in [4.78, 5) is 19.5. The molecule has 1 aliphatic rings. The minimum Gasteiger partial charge on any atom is -0.494 e. The molecule has 0 spiro atoms. The maximum atomic E-state index is 12.7. The largest absolute Gasteiger partial charge is 0.494 e. The van der Waals surface area contributed by atoms with E-state index < -0.39 is 5.97 Å². The van der Waals surface area contributed by atoms with E-state index in [1.807, 2.05) is 73.8 Å². The van der Waals surface area contributed by atoms with E-state index >= 15 is 0 Å². The molecule has 0 amide bonds. The lowest BCUT2D eigenvalue weighted by Crippen LogP contribution is -2.27. The van der Waals surface area contributed by atoms with Crippen LogP contribution in [0.2, 0.25) is 0 Å². The van der Waals surface area contributed by atoms with Gasteiger partial charge >= 0.3 is 5.97 Å². The molecule has 42 heavy (non-hydrogen) atoms. The van der Waals surface area contributed by atoms with Gasteiger partial charge in [0.15, 0.2) is 0 Å². The Hall–Kier alpha value is -4.42. The monoisotopic (exact) mass is 562 g/mol. The fourth-order valence-electron chi connectivity index (χ4n) is 4.80. The lowest BCUT2D eigenvalue weighted by Gasteiger charge is -2.25. The summed E-state index contributed by atoms with van der Waals surface area (Å²) in [7, 11) is 2.02. The summed E-state index contributed by atoms with van der Waals surface area (Å²) in [5.41, 5.74) is 5.49. The Bertz CT molecular complexity index is 1480. The molecule has 0 fully saturated rings. The van der Waals surface area contributed by atoms with E-state index in [1.54, 1.807) is 30.5 Å². The molecule has 0 aromatic heterocycles. The van der Waals surface area contributed by atoms with Gasteiger partial charge in [-0.1, -0.05) is 56.9 Å². The Kier molecular flexibility index (Phi) is 10.0. The highest BCUT2D eigenvalue weighted by Gasteiger charge is 2.14. The zero-order chi connectivity index (χ0) is 29.1. The van der Waals surface area contributed by atoms with Crippen LogP contribution in [0.1, 0.15) is 60.5 Å². The molecular formula is C36H38N2O4. The number of hydrogen-bond donors (Lipinski definition) is 0. The van der Waals surface area contributed by atoms with Crippen molar-refractivity contribution < 1.29 is 19.0 Å². The lowest BCUT2D eigenvalue weighted by molar-refractivity contribution is 0.0734. The summed E-state index contributed by atoms with van der Waals surface area (Å²) < 4.78 is 17.2. The van der Waals surface area contributed by atoms with Crippen LogP contribution < -0.4 is 14.2 Å². The van der Waals surface area contributed by atoms with Gasteiger partial charge in [0, 0.05) is 18.3 Å². The molecule has 6 heteroatoms. The molecule has 0 radical (unpaired) electrons. The Morgan fingerprint density at radius 2 is 1.55 bits per heavy atom. The van der Waals surface area contributed by atoms with Gasteiger partial charge in [0.05, 0.1) is 17.9 Å². The van der Waals surface area contributed by atoms with Crippen LogP contribution in [0.15, 0.2) is 96.0 Å². The standard InChI is InChI=1S/C36H38N2O4/c1-3-4-5-6-7-22-40-33-19-14-29(15-20-33)28-10-12-30(13-11-28)36(39)42-34-17-8-27(9-18-34)24-37-32-16-21-35-31(23-32)25-38(2)26-41-35/h8-21,23-24H,3-7,22,25-26H2,1-2H3. The molecule has 1 aliphatic heterocycles. The van der Waals surface area contributed by atoms with E-state index in [0.29, 0.717) is 18.0 Å². The van der Waals surface area contributed by atoms with Gasteiger partial charge < -0.3 is 14.2 Å². The van der Waals surface area contributed by atoms with Crippen molar-refractivity contribution in [2.45, 2.75) is 45.6 Å². The van der Waals surface area contributed by atoms with Gasteiger partial charge in [-0.3, -0.25) is 9.89 Å². The van der Waals surface area contributed by atoms with Crippen molar-refractivity contribution in [2.24, 2.45) is 4.99 Å². The van der Waals surface area contributed by atoms with E-state index in [1.165, 1.54) is 25.7 Å². The molecular weight excluding hydrogens is 524 g/mol. The highest BCUT2D eigenvalue weighted by Crippen LogP contribution is 2.29. The van der Waals surface area contributed by atoms with Crippen molar-refractivity contribution in [3.8, 4) is 28.4 Å². The summed E-state index contributed by atoms with van der Waals surface area (Å²) in [5, 5.41) is 0. The number of nitrogens with zero attached hydrogens (tertiary/aromatic N) is 2. The van der Waals surface area contributed by atoms with Crippen LogP contribution in [0, 0.1) is 0 Å². The molecule has 0 aliphatic carbocycles. The highest BCUT2D eigenvalue weighted by atomic mass is 16.5. The first kappa shape index (κ1) is 29.1. The van der Waals surface area contributed by atoms with Crippen LogP contribution in [0.5, 0.6) is 17.2 Å². The van der Waals surface area contributed by atoms with Crippen LogP contribution >= 0.6 is 0 Å². The lowest BCUT2D eigenvalue weighted by atomic mass is 10.0. The molecule has 0 saturated carbocycles. The van der Waals surface area contributed by atoms with Crippen LogP contribution in [0.3, 0.4) is 0 Å². The molecule has 0 atom stereocenters. The third-order valence-electron chi connectivity index (χ3n) is 7.20. The number of aliphatic imine (C=N–C) groups is 1. The zero-order valence-electron chi connectivity index (χ0n) is 24.4. The summed E-state index contributed by atoms with van der Waals surface area (Å²) in [6, 6.07) is 28.8. The highest BCUT2D eigenvalue weighted by molar-refractivity contribution is 5.92. The minimum atomic E-state index is -0.396. The first-order valence-corrected chi connectivity index (χ1v) is 14.7. The molecule has 0 saturated heterocycles. The summed E-state index contributed by atoms with van der Waals surface area (Å²) >= 11 is 0. The maximum absolute atomic E-state index is 12.7. The van der Waals surface area contributed by atoms with Crippen molar-refractivity contribution in [3.05, 3.63) is 108 Å². The number of hydrogen-bond acceptors (Lipinski definition) is 6. The van der Waals surface area contributed by atoms with E-state index in [2.05, 4.69) is 16.8 Å². The average molecular weight is 563 g/mol. The smallest absolute Gasteiger partial charge is 0.343 e.